The second kappa shape index (κ2) is 3.51. The molecule has 1 aliphatic rings. The van der Waals surface area contributed by atoms with Crippen LogP contribution in [0.25, 0.3) is 0 Å². The van der Waals surface area contributed by atoms with Crippen LogP contribution in [0.3, 0.4) is 0 Å². The predicted molar refractivity (Wildman–Crippen MR) is 41.2 cm³/mol. The first-order valence-electron chi connectivity index (χ1n) is 3.69. The van der Waals surface area contributed by atoms with Crippen LogP contribution >= 0.6 is 0 Å². The Bertz CT molecular complexity index is 194. The molecule has 0 fully saturated rings. The lowest BCUT2D eigenvalue weighted by Crippen LogP contribution is -2.52. The van der Waals surface area contributed by atoms with E-state index >= 15 is 0 Å². The fourth-order valence-corrected chi connectivity index (χ4v) is 1.22. The minimum absolute atomic E-state index is 0.250. The van der Waals surface area contributed by atoms with Crippen LogP contribution < -0.4 is 5.73 Å². The molecular weight excluding hydrogens is 162 g/mol. The van der Waals surface area contributed by atoms with Crippen LogP contribution in [-0.2, 0) is 0 Å². The first kappa shape index (κ1) is 9.63. The zero-order valence-corrected chi connectivity index (χ0v) is 6.46. The van der Waals surface area contributed by atoms with Gasteiger partial charge in [-0.15, -0.1) is 0 Å². The fourth-order valence-electron chi connectivity index (χ4n) is 1.22. The van der Waals surface area contributed by atoms with Crippen molar-refractivity contribution in [1.29, 1.82) is 0 Å². The molecule has 0 aromatic carbocycles. The highest BCUT2D eigenvalue weighted by Crippen LogP contribution is 2.18. The van der Waals surface area contributed by atoms with Gasteiger partial charge in [0.2, 0.25) is 0 Å². The van der Waals surface area contributed by atoms with Gasteiger partial charge in [0.05, 0.1) is 12.6 Å². The summed E-state index contributed by atoms with van der Waals surface area (Å²) in [6.07, 6.45) is -2.34. The molecule has 0 aromatic rings. The monoisotopic (exact) mass is 175 g/mol. The average Bonchev–Trinajstić information content (AvgIpc) is 2.08. The highest BCUT2D eigenvalue weighted by molar-refractivity contribution is 5.20. The van der Waals surface area contributed by atoms with E-state index in [4.69, 9.17) is 15.9 Å². The van der Waals surface area contributed by atoms with Gasteiger partial charge in [-0.1, -0.05) is 6.08 Å². The predicted octanol–water partition coefficient (Wildman–Crippen LogP) is -2.67. The first-order valence-corrected chi connectivity index (χ1v) is 3.69. The van der Waals surface area contributed by atoms with E-state index in [1.54, 1.807) is 0 Å². The van der Waals surface area contributed by atoms with Crippen molar-refractivity contribution in [1.82, 2.24) is 0 Å². The van der Waals surface area contributed by atoms with Crippen molar-refractivity contribution in [3.05, 3.63) is 11.6 Å². The highest BCUT2D eigenvalue weighted by Gasteiger charge is 2.34. The van der Waals surface area contributed by atoms with Crippen LogP contribution in [0.2, 0.25) is 0 Å². The number of rotatable bonds is 1. The zero-order chi connectivity index (χ0) is 9.30. The number of aliphatic hydroxyl groups is 4. The molecule has 0 radical (unpaired) electrons. The Morgan fingerprint density at radius 3 is 2.33 bits per heavy atom. The highest BCUT2D eigenvalue weighted by atomic mass is 16.4. The van der Waals surface area contributed by atoms with E-state index < -0.39 is 24.4 Å². The summed E-state index contributed by atoms with van der Waals surface area (Å²) in [4.78, 5) is 0. The Morgan fingerprint density at radius 1 is 1.25 bits per heavy atom. The van der Waals surface area contributed by atoms with E-state index in [9.17, 15) is 10.2 Å². The van der Waals surface area contributed by atoms with Crippen molar-refractivity contribution in [2.24, 2.45) is 5.73 Å². The van der Waals surface area contributed by atoms with Crippen LogP contribution in [0.5, 0.6) is 0 Å². The number of hydrogen-bond donors (Lipinski definition) is 5. The van der Waals surface area contributed by atoms with Gasteiger partial charge in [0.25, 0.3) is 0 Å². The zero-order valence-electron chi connectivity index (χ0n) is 6.46. The quantitative estimate of drug-likeness (QED) is 0.279. The Kier molecular flexibility index (Phi) is 2.81. The molecule has 0 saturated carbocycles. The van der Waals surface area contributed by atoms with Gasteiger partial charge in [-0.2, -0.15) is 0 Å². The van der Waals surface area contributed by atoms with Gasteiger partial charge in [0, 0.05) is 0 Å². The van der Waals surface area contributed by atoms with Crippen LogP contribution in [0.1, 0.15) is 0 Å². The van der Waals surface area contributed by atoms with Crippen molar-refractivity contribution < 1.29 is 20.4 Å². The Labute approximate surface area is 69.8 Å². The van der Waals surface area contributed by atoms with Crippen molar-refractivity contribution in [3.8, 4) is 0 Å². The van der Waals surface area contributed by atoms with E-state index in [0.717, 1.165) is 0 Å². The molecule has 0 amide bonds. The standard InChI is InChI=1S/C7H13NO4/c8-4-1-3(2-9)5(10)7(12)6(4)11/h1,4-7,9-12H,2,8H2/t4?,5?,6-,7+/m1/s1. The number of aliphatic hydroxyl groups excluding tert-OH is 4. The topological polar surface area (TPSA) is 107 Å². The van der Waals surface area contributed by atoms with E-state index in [-0.39, 0.29) is 12.2 Å². The molecule has 2 unspecified atom stereocenters. The van der Waals surface area contributed by atoms with Crippen molar-refractivity contribution in [2.45, 2.75) is 24.4 Å². The average molecular weight is 175 g/mol. The van der Waals surface area contributed by atoms with Crippen molar-refractivity contribution in [2.75, 3.05) is 6.61 Å². The Hall–Kier alpha value is -0.460. The van der Waals surface area contributed by atoms with E-state index in [2.05, 4.69) is 0 Å². The number of hydrogen-bond acceptors (Lipinski definition) is 5. The largest absolute Gasteiger partial charge is 0.392 e. The molecule has 4 atom stereocenters. The molecule has 0 aromatic heterocycles. The third-order valence-corrected chi connectivity index (χ3v) is 2.04. The van der Waals surface area contributed by atoms with Gasteiger partial charge < -0.3 is 26.2 Å². The second-order valence-electron chi connectivity index (χ2n) is 2.90. The maximum atomic E-state index is 9.23. The molecule has 70 valence electrons. The minimum Gasteiger partial charge on any atom is -0.392 e. The third-order valence-electron chi connectivity index (χ3n) is 2.04. The second-order valence-corrected chi connectivity index (χ2v) is 2.90. The SMILES string of the molecule is NC1C=C(CO)C(O)[C@H](O)[C@@H]1O. The summed E-state index contributed by atoms with van der Waals surface area (Å²) in [7, 11) is 0. The lowest BCUT2D eigenvalue weighted by atomic mass is 9.89. The lowest BCUT2D eigenvalue weighted by molar-refractivity contribution is -0.0596. The van der Waals surface area contributed by atoms with Crippen LogP contribution in [0.4, 0.5) is 0 Å². The lowest BCUT2D eigenvalue weighted by Gasteiger charge is -2.32. The van der Waals surface area contributed by atoms with Gasteiger partial charge in [-0.25, -0.2) is 0 Å². The van der Waals surface area contributed by atoms with Gasteiger partial charge in [0.15, 0.2) is 0 Å². The molecule has 1 rings (SSSR count). The van der Waals surface area contributed by atoms with E-state index in [0.29, 0.717) is 0 Å². The molecule has 12 heavy (non-hydrogen) atoms. The summed E-state index contributed by atoms with van der Waals surface area (Å²) in [5.74, 6) is 0. The molecule has 0 aliphatic heterocycles. The fraction of sp³-hybridized carbons (Fsp3) is 0.714. The number of nitrogens with two attached hydrogens (primary N) is 1. The molecule has 0 saturated heterocycles. The van der Waals surface area contributed by atoms with Crippen molar-refractivity contribution in [3.63, 3.8) is 0 Å². The van der Waals surface area contributed by atoms with E-state index in [1.165, 1.54) is 6.08 Å². The van der Waals surface area contributed by atoms with Crippen molar-refractivity contribution >= 4 is 0 Å². The summed E-state index contributed by atoms with van der Waals surface area (Å²) in [5.41, 5.74) is 5.64. The Balaban J connectivity index is 2.84. The molecule has 1 aliphatic carbocycles. The maximum absolute atomic E-state index is 9.23. The van der Waals surface area contributed by atoms with Gasteiger partial charge >= 0.3 is 0 Å². The molecule has 0 heterocycles. The van der Waals surface area contributed by atoms with Gasteiger partial charge in [-0.3, -0.25) is 0 Å². The van der Waals surface area contributed by atoms with Crippen LogP contribution in [0.15, 0.2) is 11.6 Å². The third kappa shape index (κ3) is 1.50. The van der Waals surface area contributed by atoms with E-state index in [1.807, 2.05) is 0 Å². The summed E-state index contributed by atoms with van der Waals surface area (Å²) in [5, 5.41) is 36.3. The normalized spacial score (nSPS) is 42.6. The summed E-state index contributed by atoms with van der Waals surface area (Å²) >= 11 is 0. The molecule has 6 N–H and O–H groups in total. The summed E-state index contributed by atoms with van der Waals surface area (Å²) in [6.45, 7) is -0.362. The molecule has 0 bridgehead atoms. The van der Waals surface area contributed by atoms with Crippen LogP contribution in [0, 0.1) is 0 Å². The van der Waals surface area contributed by atoms with Gasteiger partial charge in [0.1, 0.15) is 18.3 Å². The molecular formula is C7H13NO4. The summed E-state index contributed by atoms with van der Waals surface area (Å²) in [6, 6.07) is -0.731. The smallest absolute Gasteiger partial charge is 0.111 e. The molecule has 0 spiro atoms. The molecule has 5 nitrogen and oxygen atoms in total. The molecule has 5 heteroatoms. The first-order chi connectivity index (χ1) is 5.57. The minimum atomic E-state index is -1.31. The van der Waals surface area contributed by atoms with Crippen LogP contribution in [-0.4, -0.2) is 51.4 Å². The maximum Gasteiger partial charge on any atom is 0.111 e. The van der Waals surface area contributed by atoms with Gasteiger partial charge in [-0.05, 0) is 5.57 Å². The summed E-state index contributed by atoms with van der Waals surface area (Å²) < 4.78 is 0. The Morgan fingerprint density at radius 2 is 1.83 bits per heavy atom.